The summed E-state index contributed by atoms with van der Waals surface area (Å²) in [5, 5.41) is 9.39. The van der Waals surface area contributed by atoms with Crippen molar-refractivity contribution in [3.63, 3.8) is 0 Å². The van der Waals surface area contributed by atoms with Crippen LogP contribution in [-0.4, -0.2) is 10.9 Å². The van der Waals surface area contributed by atoms with E-state index in [1.54, 1.807) is 6.92 Å². The molecule has 0 aromatic heterocycles. The fourth-order valence-electron chi connectivity index (χ4n) is 1.11. The summed E-state index contributed by atoms with van der Waals surface area (Å²) in [7, 11) is 0. The van der Waals surface area contributed by atoms with Crippen LogP contribution in [0.25, 0.3) is 0 Å². The fraction of sp³-hybridized carbons (Fsp3) is 0.455. The molecule has 14 heavy (non-hydrogen) atoms. The second-order valence-corrected chi connectivity index (χ2v) is 5.21. The van der Waals surface area contributed by atoms with Crippen molar-refractivity contribution in [3.05, 3.63) is 28.2 Å². The minimum atomic E-state index is -0.392. The van der Waals surface area contributed by atoms with Crippen LogP contribution in [0.4, 0.5) is 0 Å². The summed E-state index contributed by atoms with van der Waals surface area (Å²) >= 11 is 5.35. The average molecular weight is 275 g/mol. The van der Waals surface area contributed by atoms with Crippen molar-refractivity contribution >= 4 is 27.7 Å². The van der Waals surface area contributed by atoms with E-state index in [2.05, 4.69) is 28.9 Å². The lowest BCUT2D eigenvalue weighted by atomic mass is 10.1. The van der Waals surface area contributed by atoms with Gasteiger partial charge in [-0.1, -0.05) is 13.0 Å². The van der Waals surface area contributed by atoms with Crippen LogP contribution >= 0.6 is 27.7 Å². The van der Waals surface area contributed by atoms with Crippen molar-refractivity contribution in [2.45, 2.75) is 31.3 Å². The maximum Gasteiger partial charge on any atom is 0.0762 e. The van der Waals surface area contributed by atoms with Crippen LogP contribution < -0.4 is 0 Å². The molecule has 0 saturated heterocycles. The largest absolute Gasteiger partial charge is 0.389 e. The van der Waals surface area contributed by atoms with Gasteiger partial charge in [-0.05, 0) is 52.7 Å². The minimum absolute atomic E-state index is 0.392. The van der Waals surface area contributed by atoms with E-state index in [0.29, 0.717) is 0 Å². The predicted molar refractivity (Wildman–Crippen MR) is 65.8 cm³/mol. The van der Waals surface area contributed by atoms with E-state index in [1.807, 2.05) is 23.9 Å². The van der Waals surface area contributed by atoms with Crippen LogP contribution in [-0.2, 0) is 0 Å². The highest BCUT2D eigenvalue weighted by Gasteiger charge is 2.05. The van der Waals surface area contributed by atoms with E-state index >= 15 is 0 Å². The molecule has 0 bridgehead atoms. The Kier molecular flexibility index (Phi) is 4.99. The van der Waals surface area contributed by atoms with Gasteiger partial charge in [0.05, 0.1) is 6.10 Å². The van der Waals surface area contributed by atoms with Gasteiger partial charge in [0.2, 0.25) is 0 Å². The molecule has 0 radical (unpaired) electrons. The molecule has 3 heteroatoms. The summed E-state index contributed by atoms with van der Waals surface area (Å²) in [5.41, 5.74) is 0.956. The normalized spacial score (nSPS) is 12.9. The third-order valence-corrected chi connectivity index (χ3v) is 4.10. The Morgan fingerprint density at radius 1 is 1.50 bits per heavy atom. The first-order valence-electron chi connectivity index (χ1n) is 4.75. The Hall–Kier alpha value is 0.01000. The van der Waals surface area contributed by atoms with Crippen LogP contribution in [0.5, 0.6) is 0 Å². The highest BCUT2D eigenvalue weighted by Crippen LogP contribution is 2.30. The maximum atomic E-state index is 9.39. The lowest BCUT2D eigenvalue weighted by Crippen LogP contribution is -1.91. The Morgan fingerprint density at radius 3 is 2.71 bits per heavy atom. The highest BCUT2D eigenvalue weighted by atomic mass is 79.9. The second kappa shape index (κ2) is 5.79. The zero-order valence-corrected chi connectivity index (χ0v) is 10.9. The smallest absolute Gasteiger partial charge is 0.0762 e. The molecule has 1 atom stereocenters. The summed E-state index contributed by atoms with van der Waals surface area (Å²) in [6.45, 7) is 3.95. The summed E-state index contributed by atoms with van der Waals surface area (Å²) in [5.74, 6) is 1.13. The van der Waals surface area contributed by atoms with Gasteiger partial charge in [0, 0.05) is 9.37 Å². The van der Waals surface area contributed by atoms with Crippen LogP contribution in [0.1, 0.15) is 31.9 Å². The third-order valence-electron chi connectivity index (χ3n) is 1.90. The van der Waals surface area contributed by atoms with Crippen LogP contribution in [0.2, 0.25) is 0 Å². The number of hydrogen-bond acceptors (Lipinski definition) is 2. The average Bonchev–Trinajstić information content (AvgIpc) is 2.15. The molecule has 1 N–H and O–H groups in total. The Bertz CT molecular complexity index is 299. The van der Waals surface area contributed by atoms with Crippen LogP contribution in [0, 0.1) is 0 Å². The van der Waals surface area contributed by atoms with Crippen LogP contribution in [0.15, 0.2) is 27.6 Å². The number of hydrogen-bond donors (Lipinski definition) is 1. The topological polar surface area (TPSA) is 20.2 Å². The van der Waals surface area contributed by atoms with Crippen molar-refractivity contribution in [2.24, 2.45) is 0 Å². The number of thioether (sulfide) groups is 1. The first kappa shape index (κ1) is 12.1. The zero-order chi connectivity index (χ0) is 10.6. The Labute approximate surface area is 98.0 Å². The molecule has 0 aliphatic heterocycles. The molecule has 1 unspecified atom stereocenters. The predicted octanol–water partition coefficient (Wildman–Crippen LogP) is 4.00. The number of benzene rings is 1. The molecule has 0 aliphatic rings. The number of halogens is 1. The van der Waals surface area contributed by atoms with E-state index in [4.69, 9.17) is 0 Å². The molecule has 0 amide bonds. The molecule has 1 nitrogen and oxygen atoms in total. The molecule has 0 aliphatic carbocycles. The lowest BCUT2D eigenvalue weighted by molar-refractivity contribution is 0.199. The van der Waals surface area contributed by atoms with Gasteiger partial charge >= 0.3 is 0 Å². The van der Waals surface area contributed by atoms with Gasteiger partial charge in [0.15, 0.2) is 0 Å². The van der Waals surface area contributed by atoms with E-state index in [9.17, 15) is 5.11 Å². The molecule has 78 valence electrons. The first-order valence-corrected chi connectivity index (χ1v) is 6.53. The van der Waals surface area contributed by atoms with E-state index in [-0.39, 0.29) is 0 Å². The standard InChI is InChI=1S/C11H15BrOS/c1-3-6-14-11-5-4-9(8(2)13)7-10(11)12/h4-5,7-8,13H,3,6H2,1-2H3. The van der Waals surface area contributed by atoms with Gasteiger partial charge in [-0.15, -0.1) is 11.8 Å². The minimum Gasteiger partial charge on any atom is -0.389 e. The first-order chi connectivity index (χ1) is 6.65. The third kappa shape index (κ3) is 3.30. The Morgan fingerprint density at radius 2 is 2.21 bits per heavy atom. The van der Waals surface area contributed by atoms with Gasteiger partial charge in [0.1, 0.15) is 0 Å². The summed E-state index contributed by atoms with van der Waals surface area (Å²) < 4.78 is 1.08. The van der Waals surface area contributed by atoms with E-state index < -0.39 is 6.10 Å². The quantitative estimate of drug-likeness (QED) is 0.838. The van der Waals surface area contributed by atoms with Gasteiger partial charge < -0.3 is 5.11 Å². The second-order valence-electron chi connectivity index (χ2n) is 3.21. The molecule has 0 fully saturated rings. The van der Waals surface area contributed by atoms with Gasteiger partial charge in [0.25, 0.3) is 0 Å². The van der Waals surface area contributed by atoms with Crippen molar-refractivity contribution in [1.82, 2.24) is 0 Å². The van der Waals surface area contributed by atoms with Crippen molar-refractivity contribution < 1.29 is 5.11 Å². The number of aliphatic hydroxyl groups excluding tert-OH is 1. The summed E-state index contributed by atoms with van der Waals surface area (Å²) in [6.07, 6.45) is 0.784. The number of aliphatic hydroxyl groups is 1. The van der Waals surface area contributed by atoms with Crippen molar-refractivity contribution in [2.75, 3.05) is 5.75 Å². The van der Waals surface area contributed by atoms with Gasteiger partial charge in [-0.3, -0.25) is 0 Å². The summed E-state index contributed by atoms with van der Waals surface area (Å²) in [6, 6.07) is 6.03. The molecule has 0 spiro atoms. The monoisotopic (exact) mass is 274 g/mol. The molecular formula is C11H15BrOS. The molecule has 1 aromatic rings. The molecule has 1 aromatic carbocycles. The molecular weight excluding hydrogens is 260 g/mol. The molecule has 0 saturated carbocycles. The lowest BCUT2D eigenvalue weighted by Gasteiger charge is -2.08. The highest BCUT2D eigenvalue weighted by molar-refractivity contribution is 9.10. The zero-order valence-electron chi connectivity index (χ0n) is 8.46. The SMILES string of the molecule is CCCSc1ccc(C(C)O)cc1Br. The molecule has 0 heterocycles. The fourth-order valence-corrected chi connectivity index (χ4v) is 2.63. The van der Waals surface area contributed by atoms with Gasteiger partial charge in [-0.25, -0.2) is 0 Å². The van der Waals surface area contributed by atoms with Crippen LogP contribution in [0.3, 0.4) is 0 Å². The van der Waals surface area contributed by atoms with E-state index in [0.717, 1.165) is 15.8 Å². The summed E-state index contributed by atoms with van der Waals surface area (Å²) in [4.78, 5) is 1.25. The maximum absolute atomic E-state index is 9.39. The van der Waals surface area contributed by atoms with Crippen molar-refractivity contribution in [3.8, 4) is 0 Å². The van der Waals surface area contributed by atoms with Crippen molar-refractivity contribution in [1.29, 1.82) is 0 Å². The Balaban J connectivity index is 2.79. The van der Waals surface area contributed by atoms with Gasteiger partial charge in [-0.2, -0.15) is 0 Å². The molecule has 1 rings (SSSR count). The number of rotatable bonds is 4. The van der Waals surface area contributed by atoms with E-state index in [1.165, 1.54) is 11.3 Å².